The fourth-order valence-electron chi connectivity index (χ4n) is 2.72. The second-order valence-electron chi connectivity index (χ2n) is 5.66. The Bertz CT molecular complexity index is 479. The second kappa shape index (κ2) is 8.63. The smallest absolute Gasteiger partial charge is 0.234 e. The average Bonchev–Trinajstić information content (AvgIpc) is 2.54. The third-order valence-electron chi connectivity index (χ3n) is 4.04. The molecule has 0 unspecified atom stereocenters. The molecule has 1 N–H and O–H groups in total. The lowest BCUT2D eigenvalue weighted by Crippen LogP contribution is -2.44. The maximum atomic E-state index is 12.0. The van der Waals surface area contributed by atoms with Crippen LogP contribution in [0.4, 0.5) is 0 Å². The van der Waals surface area contributed by atoms with Gasteiger partial charge < -0.3 is 14.8 Å². The van der Waals surface area contributed by atoms with Crippen LogP contribution in [0.2, 0.25) is 0 Å². The fraction of sp³-hybridized carbons (Fsp3) is 0.588. The summed E-state index contributed by atoms with van der Waals surface area (Å²) in [6.07, 6.45) is 3.64. The number of benzene rings is 1. The molecule has 1 amide bonds. The average molecular weight is 306 g/mol. The number of nitrogens with one attached hydrogen (secondary N) is 1. The standard InChI is InChI=1S/C17H26N2O3/c1-14-7-5-6-11-19(14)13-17(20)18-10-12-22-16-9-4-3-8-15(16)21-2/h3-4,8-9,14H,5-7,10-13H2,1-2H3,(H,18,20)/t14-/m1/s1. The Kier molecular flexibility index (Phi) is 6.52. The molecule has 0 radical (unpaired) electrons. The van der Waals surface area contributed by atoms with E-state index in [1.54, 1.807) is 7.11 Å². The van der Waals surface area contributed by atoms with Crippen LogP contribution in [0.5, 0.6) is 11.5 Å². The van der Waals surface area contributed by atoms with Crippen molar-refractivity contribution in [2.45, 2.75) is 32.2 Å². The van der Waals surface area contributed by atoms with Crippen LogP contribution in [-0.4, -0.2) is 50.2 Å². The van der Waals surface area contributed by atoms with Crippen LogP contribution in [0.25, 0.3) is 0 Å². The van der Waals surface area contributed by atoms with Crippen molar-refractivity contribution in [1.29, 1.82) is 0 Å². The van der Waals surface area contributed by atoms with Crippen molar-refractivity contribution in [3.8, 4) is 11.5 Å². The molecule has 0 saturated carbocycles. The summed E-state index contributed by atoms with van der Waals surface area (Å²) in [6, 6.07) is 8.01. The molecular weight excluding hydrogens is 280 g/mol. The van der Waals surface area contributed by atoms with Gasteiger partial charge in [0, 0.05) is 6.04 Å². The van der Waals surface area contributed by atoms with E-state index in [2.05, 4.69) is 17.1 Å². The molecule has 1 aromatic rings. The first-order valence-electron chi connectivity index (χ1n) is 7.97. The Morgan fingerprint density at radius 1 is 1.32 bits per heavy atom. The number of ether oxygens (including phenoxy) is 2. The second-order valence-corrected chi connectivity index (χ2v) is 5.66. The van der Waals surface area contributed by atoms with Gasteiger partial charge in [0.05, 0.1) is 20.2 Å². The van der Waals surface area contributed by atoms with E-state index >= 15 is 0 Å². The first kappa shape index (κ1) is 16.6. The monoisotopic (exact) mass is 306 g/mol. The van der Waals surface area contributed by atoms with Crippen molar-refractivity contribution >= 4 is 5.91 Å². The predicted octanol–water partition coefficient (Wildman–Crippen LogP) is 2.06. The normalized spacial score (nSPS) is 18.7. The molecule has 1 aliphatic rings. The summed E-state index contributed by atoms with van der Waals surface area (Å²) in [5, 5.41) is 2.91. The van der Waals surface area contributed by atoms with Crippen molar-refractivity contribution in [2.24, 2.45) is 0 Å². The number of amides is 1. The maximum Gasteiger partial charge on any atom is 0.234 e. The number of carbonyl (C=O) groups excluding carboxylic acids is 1. The molecule has 0 bridgehead atoms. The summed E-state index contributed by atoms with van der Waals surface area (Å²) in [7, 11) is 1.61. The molecule has 1 aromatic carbocycles. The Morgan fingerprint density at radius 2 is 2.09 bits per heavy atom. The fourth-order valence-corrected chi connectivity index (χ4v) is 2.72. The van der Waals surface area contributed by atoms with Gasteiger partial charge in [0.15, 0.2) is 11.5 Å². The Balaban J connectivity index is 1.66. The number of carbonyl (C=O) groups is 1. The molecule has 22 heavy (non-hydrogen) atoms. The molecule has 0 spiro atoms. The van der Waals surface area contributed by atoms with E-state index in [0.717, 1.165) is 6.54 Å². The summed E-state index contributed by atoms with van der Waals surface area (Å²) in [5.74, 6) is 1.47. The minimum Gasteiger partial charge on any atom is -0.493 e. The van der Waals surface area contributed by atoms with E-state index in [1.807, 2.05) is 24.3 Å². The molecule has 1 saturated heterocycles. The van der Waals surface area contributed by atoms with E-state index in [0.29, 0.717) is 37.2 Å². The number of hydrogen-bond donors (Lipinski definition) is 1. The van der Waals surface area contributed by atoms with E-state index in [1.165, 1.54) is 19.3 Å². The van der Waals surface area contributed by atoms with E-state index < -0.39 is 0 Å². The molecule has 1 aliphatic heterocycles. The van der Waals surface area contributed by atoms with Crippen LogP contribution in [0.15, 0.2) is 24.3 Å². The first-order chi connectivity index (χ1) is 10.7. The molecular formula is C17H26N2O3. The van der Waals surface area contributed by atoms with Gasteiger partial charge in [0.1, 0.15) is 6.61 Å². The molecule has 1 heterocycles. The zero-order chi connectivity index (χ0) is 15.8. The van der Waals surface area contributed by atoms with Gasteiger partial charge >= 0.3 is 0 Å². The SMILES string of the molecule is COc1ccccc1OCCNC(=O)CN1CCCC[C@H]1C. The minimum absolute atomic E-state index is 0.0670. The highest BCUT2D eigenvalue weighted by Crippen LogP contribution is 2.25. The number of likely N-dealkylation sites (tertiary alicyclic amines) is 1. The predicted molar refractivity (Wildman–Crippen MR) is 86.4 cm³/mol. The lowest BCUT2D eigenvalue weighted by molar-refractivity contribution is -0.123. The Labute approximate surface area is 132 Å². The highest BCUT2D eigenvalue weighted by molar-refractivity contribution is 5.78. The summed E-state index contributed by atoms with van der Waals surface area (Å²) < 4.78 is 10.9. The number of rotatable bonds is 7. The lowest BCUT2D eigenvalue weighted by Gasteiger charge is -2.32. The molecule has 0 aliphatic carbocycles. The number of hydrogen-bond acceptors (Lipinski definition) is 4. The van der Waals surface area contributed by atoms with Gasteiger partial charge in [-0.15, -0.1) is 0 Å². The highest BCUT2D eigenvalue weighted by atomic mass is 16.5. The maximum absolute atomic E-state index is 12.0. The summed E-state index contributed by atoms with van der Waals surface area (Å²) >= 11 is 0. The van der Waals surface area contributed by atoms with E-state index in [4.69, 9.17) is 9.47 Å². The van der Waals surface area contributed by atoms with Crippen molar-refractivity contribution < 1.29 is 14.3 Å². The van der Waals surface area contributed by atoms with Crippen LogP contribution in [-0.2, 0) is 4.79 Å². The van der Waals surface area contributed by atoms with Crippen molar-refractivity contribution in [2.75, 3.05) is 33.4 Å². The van der Waals surface area contributed by atoms with E-state index in [9.17, 15) is 4.79 Å². The van der Waals surface area contributed by atoms with Gasteiger partial charge in [-0.1, -0.05) is 18.6 Å². The van der Waals surface area contributed by atoms with Gasteiger partial charge in [-0.05, 0) is 38.4 Å². The van der Waals surface area contributed by atoms with Crippen molar-refractivity contribution in [3.63, 3.8) is 0 Å². The molecule has 5 heteroatoms. The molecule has 0 aromatic heterocycles. The first-order valence-corrected chi connectivity index (χ1v) is 7.97. The molecule has 5 nitrogen and oxygen atoms in total. The molecule has 1 atom stereocenters. The Hall–Kier alpha value is -1.75. The topological polar surface area (TPSA) is 50.8 Å². The van der Waals surface area contributed by atoms with Gasteiger partial charge in [-0.2, -0.15) is 0 Å². The van der Waals surface area contributed by atoms with Crippen LogP contribution in [0.1, 0.15) is 26.2 Å². The summed E-state index contributed by atoms with van der Waals surface area (Å²) in [4.78, 5) is 14.2. The Morgan fingerprint density at radius 3 is 2.82 bits per heavy atom. The number of para-hydroxylation sites is 2. The minimum atomic E-state index is 0.0670. The number of nitrogens with zero attached hydrogens (tertiary/aromatic N) is 1. The van der Waals surface area contributed by atoms with Gasteiger partial charge in [0.25, 0.3) is 0 Å². The summed E-state index contributed by atoms with van der Waals surface area (Å²) in [5.41, 5.74) is 0. The quantitative estimate of drug-likeness (QED) is 0.784. The van der Waals surface area contributed by atoms with Gasteiger partial charge in [-0.25, -0.2) is 0 Å². The number of piperidine rings is 1. The molecule has 122 valence electrons. The van der Waals surface area contributed by atoms with Gasteiger partial charge in [0.2, 0.25) is 5.91 Å². The largest absolute Gasteiger partial charge is 0.493 e. The van der Waals surface area contributed by atoms with Crippen molar-refractivity contribution in [1.82, 2.24) is 10.2 Å². The van der Waals surface area contributed by atoms with E-state index in [-0.39, 0.29) is 5.91 Å². The number of methoxy groups -OCH3 is 1. The lowest BCUT2D eigenvalue weighted by atomic mass is 10.0. The third-order valence-corrected chi connectivity index (χ3v) is 4.04. The zero-order valence-electron chi connectivity index (χ0n) is 13.5. The van der Waals surface area contributed by atoms with Gasteiger partial charge in [-0.3, -0.25) is 9.69 Å². The highest BCUT2D eigenvalue weighted by Gasteiger charge is 2.20. The zero-order valence-corrected chi connectivity index (χ0v) is 13.5. The van der Waals surface area contributed by atoms with Crippen molar-refractivity contribution in [3.05, 3.63) is 24.3 Å². The van der Waals surface area contributed by atoms with Crippen LogP contribution in [0.3, 0.4) is 0 Å². The van der Waals surface area contributed by atoms with Crippen LogP contribution < -0.4 is 14.8 Å². The third kappa shape index (κ3) is 4.91. The van der Waals surface area contributed by atoms with Crippen LogP contribution >= 0.6 is 0 Å². The molecule has 1 fully saturated rings. The summed E-state index contributed by atoms with van der Waals surface area (Å²) in [6.45, 7) is 4.63. The molecule has 2 rings (SSSR count). The van der Waals surface area contributed by atoms with Crippen LogP contribution in [0, 0.1) is 0 Å².